The number of hydrogen-bond donors (Lipinski definition) is 0. The van der Waals surface area contributed by atoms with Gasteiger partial charge in [0.1, 0.15) is 0 Å². The number of hydrogen-bond acceptors (Lipinski definition) is 4. The van der Waals surface area contributed by atoms with Gasteiger partial charge in [0.2, 0.25) is 0 Å². The summed E-state index contributed by atoms with van der Waals surface area (Å²) in [5, 5.41) is 0. The molecular weight excluding hydrogens is 340 g/mol. The molecule has 2 saturated carbocycles. The zero-order valence-electron chi connectivity index (χ0n) is 13.9. The first-order chi connectivity index (χ1) is 11.7. The molecule has 7 rings (SSSR count). The molecule has 2 bridgehead atoms. The maximum absolute atomic E-state index is 13.7. The van der Waals surface area contributed by atoms with Crippen LogP contribution in [-0.2, 0) is 9.59 Å². The fraction of sp³-hybridized carbons (Fsp3) is 0.889. The van der Waals surface area contributed by atoms with Gasteiger partial charge in [-0.05, 0) is 50.4 Å². The highest BCUT2D eigenvalue weighted by Gasteiger charge is 2.77. The van der Waals surface area contributed by atoms with Crippen LogP contribution in [0, 0.1) is 11.8 Å². The molecule has 2 aliphatic carbocycles. The lowest BCUT2D eigenvalue weighted by molar-refractivity contribution is -0.166. The summed E-state index contributed by atoms with van der Waals surface area (Å²) in [5.74, 6) is 1.71. The summed E-state index contributed by atoms with van der Waals surface area (Å²) in [6.45, 7) is 0. The monoisotopic (exact) mass is 364 g/mol. The molecule has 5 heterocycles. The summed E-state index contributed by atoms with van der Waals surface area (Å²) in [6, 6.07) is 0.676. The van der Waals surface area contributed by atoms with Crippen LogP contribution in [0.1, 0.15) is 64.2 Å². The van der Waals surface area contributed by atoms with E-state index in [2.05, 4.69) is 9.80 Å². The third-order valence-electron chi connectivity index (χ3n) is 7.68. The normalized spacial score (nSPS) is 52.2. The van der Waals surface area contributed by atoms with Gasteiger partial charge in [-0.25, -0.2) is 0 Å². The maximum Gasteiger partial charge on any atom is 0.261 e. The molecule has 0 aromatic carbocycles. The molecule has 5 saturated heterocycles. The van der Waals surface area contributed by atoms with Gasteiger partial charge in [0.15, 0.2) is 9.74 Å². The number of rotatable bonds is 0. The number of carbonyl (C=O) groups excluding carboxylic acids is 2. The SMILES string of the molecule is O=C1N2[C@H]3CCCC[C@H]3C[C@]23SS[C@]12C[C@@H]1CCCC[C@@H]1N2C3=O. The number of amides is 2. The van der Waals surface area contributed by atoms with E-state index >= 15 is 0 Å². The number of carbonyl (C=O) groups is 2. The molecule has 0 aromatic heterocycles. The Morgan fingerprint density at radius 1 is 0.708 bits per heavy atom. The first kappa shape index (κ1) is 14.8. The molecule has 0 unspecified atom stereocenters. The third kappa shape index (κ3) is 1.49. The average molecular weight is 365 g/mol. The second-order valence-electron chi connectivity index (χ2n) is 8.72. The molecule has 5 aliphatic heterocycles. The molecule has 7 fully saturated rings. The average Bonchev–Trinajstić information content (AvgIpc) is 3.12. The van der Waals surface area contributed by atoms with Crippen molar-refractivity contribution in [1.82, 2.24) is 9.80 Å². The van der Waals surface area contributed by atoms with Gasteiger partial charge in [-0.1, -0.05) is 47.3 Å². The zero-order valence-corrected chi connectivity index (χ0v) is 15.5. The zero-order chi connectivity index (χ0) is 16.1. The highest BCUT2D eigenvalue weighted by molar-refractivity contribution is 8.78. The molecule has 0 radical (unpaired) electrons. The van der Waals surface area contributed by atoms with Crippen LogP contribution in [-0.4, -0.2) is 43.4 Å². The first-order valence-electron chi connectivity index (χ1n) is 9.72. The summed E-state index contributed by atoms with van der Waals surface area (Å²) < 4.78 is 0. The van der Waals surface area contributed by atoms with Crippen LogP contribution >= 0.6 is 21.6 Å². The van der Waals surface area contributed by atoms with Gasteiger partial charge in [-0.2, -0.15) is 0 Å². The molecule has 4 nitrogen and oxygen atoms in total. The van der Waals surface area contributed by atoms with E-state index in [0.717, 1.165) is 25.7 Å². The Morgan fingerprint density at radius 3 is 1.58 bits per heavy atom. The largest absolute Gasteiger partial charge is 0.313 e. The number of fused-ring (bicyclic) bond motifs is 3. The molecule has 6 heteroatoms. The number of piperazine rings is 1. The van der Waals surface area contributed by atoms with Crippen LogP contribution in [0.4, 0.5) is 0 Å². The van der Waals surface area contributed by atoms with Crippen molar-refractivity contribution in [3.8, 4) is 0 Å². The van der Waals surface area contributed by atoms with E-state index in [1.807, 2.05) is 0 Å². The fourth-order valence-corrected chi connectivity index (χ4v) is 10.6. The fourth-order valence-electron chi connectivity index (χ4n) is 6.72. The second-order valence-corrected chi connectivity index (χ2v) is 11.4. The number of nitrogens with zero attached hydrogens (tertiary/aromatic N) is 2. The predicted molar refractivity (Wildman–Crippen MR) is 95.1 cm³/mol. The Balaban J connectivity index is 1.48. The van der Waals surface area contributed by atoms with Crippen LogP contribution in [0.15, 0.2) is 0 Å². The first-order valence-corrected chi connectivity index (χ1v) is 11.9. The molecule has 2 amide bonds. The van der Waals surface area contributed by atoms with Crippen LogP contribution in [0.2, 0.25) is 0 Å². The molecule has 7 aliphatic rings. The molecule has 6 atom stereocenters. The van der Waals surface area contributed by atoms with Gasteiger partial charge < -0.3 is 9.80 Å². The van der Waals surface area contributed by atoms with E-state index in [1.54, 1.807) is 21.6 Å². The van der Waals surface area contributed by atoms with Crippen LogP contribution in [0.3, 0.4) is 0 Å². The van der Waals surface area contributed by atoms with Crippen LogP contribution in [0.5, 0.6) is 0 Å². The van der Waals surface area contributed by atoms with Gasteiger partial charge in [0.05, 0.1) is 0 Å². The summed E-state index contributed by atoms with van der Waals surface area (Å²) in [5.41, 5.74) is 0. The van der Waals surface area contributed by atoms with E-state index in [9.17, 15) is 9.59 Å². The van der Waals surface area contributed by atoms with E-state index < -0.39 is 9.74 Å². The highest BCUT2D eigenvalue weighted by atomic mass is 33.1. The summed E-state index contributed by atoms with van der Waals surface area (Å²) >= 11 is 0. The van der Waals surface area contributed by atoms with Crippen molar-refractivity contribution in [1.29, 1.82) is 0 Å². The summed E-state index contributed by atoms with van der Waals surface area (Å²) in [7, 11) is 3.50. The highest BCUT2D eigenvalue weighted by Crippen LogP contribution is 2.70. The minimum Gasteiger partial charge on any atom is -0.313 e. The maximum atomic E-state index is 13.7. The van der Waals surface area contributed by atoms with Crippen LogP contribution < -0.4 is 0 Å². The lowest BCUT2D eigenvalue weighted by Gasteiger charge is -2.58. The third-order valence-corrected chi connectivity index (χ3v) is 11.3. The van der Waals surface area contributed by atoms with Crippen LogP contribution in [0.25, 0.3) is 0 Å². The Labute approximate surface area is 150 Å². The van der Waals surface area contributed by atoms with Gasteiger partial charge in [-0.15, -0.1) is 0 Å². The van der Waals surface area contributed by atoms with E-state index in [1.165, 1.54) is 38.5 Å². The van der Waals surface area contributed by atoms with E-state index in [4.69, 9.17) is 0 Å². The van der Waals surface area contributed by atoms with Gasteiger partial charge in [0, 0.05) is 12.1 Å². The molecule has 130 valence electrons. The summed E-state index contributed by atoms with van der Waals surface area (Å²) in [6.07, 6.45) is 11.4. The molecule has 0 N–H and O–H groups in total. The van der Waals surface area contributed by atoms with Crippen molar-refractivity contribution in [2.75, 3.05) is 0 Å². The second kappa shape index (κ2) is 4.67. The Bertz CT molecular complexity index is 589. The quantitative estimate of drug-likeness (QED) is 0.618. The topological polar surface area (TPSA) is 40.6 Å². The van der Waals surface area contributed by atoms with Gasteiger partial charge in [0.25, 0.3) is 11.8 Å². The molecule has 24 heavy (non-hydrogen) atoms. The lowest BCUT2D eigenvalue weighted by atomic mass is 9.83. The minimum atomic E-state index is -0.560. The van der Waals surface area contributed by atoms with Crippen molar-refractivity contribution >= 4 is 33.4 Å². The van der Waals surface area contributed by atoms with Gasteiger partial charge >= 0.3 is 0 Å². The van der Waals surface area contributed by atoms with Crippen molar-refractivity contribution in [3.05, 3.63) is 0 Å². The van der Waals surface area contributed by atoms with E-state index in [-0.39, 0.29) is 0 Å². The van der Waals surface area contributed by atoms with Crippen molar-refractivity contribution < 1.29 is 9.59 Å². The predicted octanol–water partition coefficient (Wildman–Crippen LogP) is 3.37. The summed E-state index contributed by atoms with van der Waals surface area (Å²) in [4.78, 5) is 30.5. The van der Waals surface area contributed by atoms with Crippen molar-refractivity contribution in [2.24, 2.45) is 11.8 Å². The Hall–Kier alpha value is -0.360. The van der Waals surface area contributed by atoms with Gasteiger partial charge in [-0.3, -0.25) is 9.59 Å². The Morgan fingerprint density at radius 2 is 1.12 bits per heavy atom. The van der Waals surface area contributed by atoms with E-state index in [0.29, 0.717) is 35.7 Å². The molecular formula is C18H24N2O2S2. The molecule has 0 aromatic rings. The smallest absolute Gasteiger partial charge is 0.261 e. The molecule has 2 spiro atoms. The van der Waals surface area contributed by atoms with Crippen molar-refractivity contribution in [3.63, 3.8) is 0 Å². The standard InChI is InChI=1S/C18H24N2O2S2/c21-15-17-9-11-5-1-3-7-13(11)19(17)16(22)18(24-23-17)10-12-6-2-4-8-14(12)20(15)18/h11-14H,1-10H2/t11-,12-,13-,14-,17+,18+/m0/s1. The minimum absolute atomic E-state index is 0.301. The lowest BCUT2D eigenvalue weighted by Crippen LogP contribution is -2.75. The van der Waals surface area contributed by atoms with Crippen molar-refractivity contribution in [2.45, 2.75) is 86.0 Å². The Kier molecular flexibility index (Phi) is 2.88.